The third kappa shape index (κ3) is 8.77. The van der Waals surface area contributed by atoms with Gasteiger partial charge in [0, 0.05) is 18.8 Å². The van der Waals surface area contributed by atoms with Crippen LogP contribution in [0.4, 0.5) is 0 Å². The van der Waals surface area contributed by atoms with Gasteiger partial charge in [-0.05, 0) is 49.4 Å². The standard InChI is InChI=1S/C27H38N2O3S/c1-7-25(27(31)28-15-19(2)3)29(16-22-9-8-10-24(14-22)32-6)26(30)18-33-17-23-12-20(4)11-21(5)13-23/h8-14,19,25H,7,15-18H2,1-6H3,(H,28,31)/t25-/m1/s1. The molecule has 180 valence electrons. The number of carbonyl (C=O) groups excluding carboxylic acids is 2. The summed E-state index contributed by atoms with van der Waals surface area (Å²) in [5.74, 6) is 2.05. The van der Waals surface area contributed by atoms with E-state index in [1.54, 1.807) is 23.8 Å². The van der Waals surface area contributed by atoms with Crippen LogP contribution in [0.2, 0.25) is 0 Å². The van der Waals surface area contributed by atoms with Gasteiger partial charge in [-0.25, -0.2) is 0 Å². The van der Waals surface area contributed by atoms with Gasteiger partial charge in [0.1, 0.15) is 11.8 Å². The maximum atomic E-state index is 13.4. The fourth-order valence-corrected chi connectivity index (χ4v) is 4.65. The number of methoxy groups -OCH3 is 1. The number of benzene rings is 2. The Hall–Kier alpha value is -2.47. The number of hydrogen-bond donors (Lipinski definition) is 1. The summed E-state index contributed by atoms with van der Waals surface area (Å²) in [5, 5.41) is 3.01. The molecule has 0 aliphatic heterocycles. The second-order valence-electron chi connectivity index (χ2n) is 8.92. The maximum absolute atomic E-state index is 13.4. The van der Waals surface area contributed by atoms with Gasteiger partial charge >= 0.3 is 0 Å². The monoisotopic (exact) mass is 470 g/mol. The van der Waals surface area contributed by atoms with Crippen LogP contribution in [0.5, 0.6) is 5.75 Å². The molecule has 2 rings (SSSR count). The van der Waals surface area contributed by atoms with E-state index in [1.165, 1.54) is 16.7 Å². The predicted molar refractivity (Wildman–Crippen MR) is 138 cm³/mol. The number of aryl methyl sites for hydroxylation is 2. The first-order valence-electron chi connectivity index (χ1n) is 11.6. The Morgan fingerprint density at radius 2 is 1.76 bits per heavy atom. The highest BCUT2D eigenvalue weighted by molar-refractivity contribution is 7.99. The second-order valence-corrected chi connectivity index (χ2v) is 9.91. The van der Waals surface area contributed by atoms with Crippen molar-refractivity contribution in [3.8, 4) is 5.75 Å². The van der Waals surface area contributed by atoms with Crippen LogP contribution in [-0.4, -0.2) is 42.2 Å². The van der Waals surface area contributed by atoms with Crippen molar-refractivity contribution in [2.24, 2.45) is 5.92 Å². The molecule has 1 N–H and O–H groups in total. The smallest absolute Gasteiger partial charge is 0.242 e. The molecular weight excluding hydrogens is 432 g/mol. The fourth-order valence-electron chi connectivity index (χ4n) is 3.80. The minimum absolute atomic E-state index is 0.0289. The lowest BCUT2D eigenvalue weighted by Crippen LogP contribution is -2.50. The molecule has 2 aromatic carbocycles. The van der Waals surface area contributed by atoms with Crippen molar-refractivity contribution < 1.29 is 14.3 Å². The van der Waals surface area contributed by atoms with Crippen LogP contribution < -0.4 is 10.1 Å². The Morgan fingerprint density at radius 3 is 2.36 bits per heavy atom. The topological polar surface area (TPSA) is 58.6 Å². The Bertz CT molecular complexity index is 909. The zero-order chi connectivity index (χ0) is 24.4. The molecule has 0 radical (unpaired) electrons. The van der Waals surface area contributed by atoms with E-state index in [0.29, 0.717) is 31.2 Å². The summed E-state index contributed by atoms with van der Waals surface area (Å²) in [6.07, 6.45) is 0.557. The highest BCUT2D eigenvalue weighted by Crippen LogP contribution is 2.20. The van der Waals surface area contributed by atoms with E-state index in [2.05, 4.69) is 51.2 Å². The summed E-state index contributed by atoms with van der Waals surface area (Å²) in [6, 6.07) is 13.6. The van der Waals surface area contributed by atoms with Gasteiger partial charge in [0.25, 0.3) is 0 Å². The highest BCUT2D eigenvalue weighted by Gasteiger charge is 2.28. The lowest BCUT2D eigenvalue weighted by Gasteiger charge is -2.31. The highest BCUT2D eigenvalue weighted by atomic mass is 32.2. The largest absolute Gasteiger partial charge is 0.497 e. The first kappa shape index (κ1) is 26.8. The molecule has 0 heterocycles. The third-order valence-electron chi connectivity index (χ3n) is 5.33. The summed E-state index contributed by atoms with van der Waals surface area (Å²) in [5.41, 5.74) is 4.61. The van der Waals surface area contributed by atoms with Crippen LogP contribution in [0.25, 0.3) is 0 Å². The molecule has 0 aliphatic rings. The molecule has 1 atom stereocenters. The zero-order valence-corrected chi connectivity index (χ0v) is 21.6. The molecule has 0 saturated heterocycles. The molecule has 2 amide bonds. The van der Waals surface area contributed by atoms with Crippen LogP contribution in [0, 0.1) is 19.8 Å². The first-order valence-corrected chi connectivity index (χ1v) is 12.7. The van der Waals surface area contributed by atoms with Crippen molar-refractivity contribution in [2.75, 3.05) is 19.4 Å². The summed E-state index contributed by atoms with van der Waals surface area (Å²) < 4.78 is 5.34. The molecule has 0 unspecified atom stereocenters. The van der Waals surface area contributed by atoms with E-state index >= 15 is 0 Å². The van der Waals surface area contributed by atoms with Crippen molar-refractivity contribution in [3.63, 3.8) is 0 Å². The third-order valence-corrected chi connectivity index (χ3v) is 6.32. The zero-order valence-electron chi connectivity index (χ0n) is 20.8. The molecule has 0 fully saturated rings. The van der Waals surface area contributed by atoms with Crippen molar-refractivity contribution in [1.82, 2.24) is 10.2 Å². The van der Waals surface area contributed by atoms with Crippen molar-refractivity contribution in [1.29, 1.82) is 0 Å². The van der Waals surface area contributed by atoms with Gasteiger partial charge in [-0.15, -0.1) is 11.8 Å². The van der Waals surface area contributed by atoms with Gasteiger partial charge in [0.05, 0.1) is 12.9 Å². The Kier molecular flexibility index (Phi) is 10.8. The van der Waals surface area contributed by atoms with Crippen LogP contribution in [0.15, 0.2) is 42.5 Å². The van der Waals surface area contributed by atoms with Crippen LogP contribution in [0.1, 0.15) is 49.4 Å². The summed E-state index contributed by atoms with van der Waals surface area (Å²) in [6.45, 7) is 11.2. The SMILES string of the molecule is CC[C@H](C(=O)NCC(C)C)N(Cc1cccc(OC)c1)C(=O)CSCc1cc(C)cc(C)c1. The van der Waals surface area contributed by atoms with Gasteiger partial charge in [0.2, 0.25) is 11.8 Å². The lowest BCUT2D eigenvalue weighted by atomic mass is 10.1. The number of carbonyl (C=O) groups is 2. The van der Waals surface area contributed by atoms with Crippen molar-refractivity contribution in [3.05, 3.63) is 64.7 Å². The van der Waals surface area contributed by atoms with Crippen LogP contribution in [-0.2, 0) is 21.9 Å². The van der Waals surface area contributed by atoms with Gasteiger partial charge in [-0.2, -0.15) is 0 Å². The first-order chi connectivity index (χ1) is 15.7. The average Bonchev–Trinajstić information content (AvgIpc) is 2.76. The van der Waals surface area contributed by atoms with E-state index in [9.17, 15) is 9.59 Å². The van der Waals surface area contributed by atoms with Gasteiger partial charge in [-0.3, -0.25) is 9.59 Å². The van der Waals surface area contributed by atoms with E-state index in [4.69, 9.17) is 4.74 Å². The van der Waals surface area contributed by atoms with E-state index < -0.39 is 6.04 Å². The molecule has 6 heteroatoms. The second kappa shape index (κ2) is 13.3. The number of ether oxygens (including phenoxy) is 1. The fraction of sp³-hybridized carbons (Fsp3) is 0.481. The number of rotatable bonds is 12. The van der Waals surface area contributed by atoms with Gasteiger partial charge in [-0.1, -0.05) is 62.2 Å². The number of amides is 2. The maximum Gasteiger partial charge on any atom is 0.242 e. The molecule has 0 saturated carbocycles. The molecule has 0 aliphatic carbocycles. The Morgan fingerprint density at radius 1 is 1.06 bits per heavy atom. The lowest BCUT2D eigenvalue weighted by molar-refractivity contribution is -0.139. The summed E-state index contributed by atoms with van der Waals surface area (Å²) >= 11 is 1.59. The molecular formula is C27H38N2O3S. The van der Waals surface area contributed by atoms with E-state index in [-0.39, 0.29) is 11.8 Å². The van der Waals surface area contributed by atoms with Crippen molar-refractivity contribution >= 4 is 23.6 Å². The molecule has 5 nitrogen and oxygen atoms in total. The molecule has 0 aromatic heterocycles. The predicted octanol–water partition coefficient (Wildman–Crippen LogP) is 5.12. The Balaban J connectivity index is 2.16. The molecule has 0 spiro atoms. The number of hydrogen-bond acceptors (Lipinski definition) is 4. The summed E-state index contributed by atoms with van der Waals surface area (Å²) in [4.78, 5) is 28.1. The molecule has 0 bridgehead atoms. The normalized spacial score (nSPS) is 11.8. The Labute approximate surface area is 203 Å². The minimum Gasteiger partial charge on any atom is -0.497 e. The number of thioether (sulfide) groups is 1. The minimum atomic E-state index is -0.510. The summed E-state index contributed by atoms with van der Waals surface area (Å²) in [7, 11) is 1.62. The quantitative estimate of drug-likeness (QED) is 0.467. The van der Waals surface area contributed by atoms with Gasteiger partial charge < -0.3 is 15.0 Å². The van der Waals surface area contributed by atoms with E-state index in [0.717, 1.165) is 17.1 Å². The van der Waals surface area contributed by atoms with Gasteiger partial charge in [0.15, 0.2) is 0 Å². The van der Waals surface area contributed by atoms with E-state index in [1.807, 2.05) is 31.2 Å². The van der Waals surface area contributed by atoms with Crippen LogP contribution >= 0.6 is 11.8 Å². The average molecular weight is 471 g/mol. The molecule has 33 heavy (non-hydrogen) atoms. The molecule has 2 aromatic rings. The van der Waals surface area contributed by atoms with Crippen molar-refractivity contribution in [2.45, 2.75) is 59.4 Å². The number of nitrogens with one attached hydrogen (secondary N) is 1. The number of nitrogens with zero attached hydrogens (tertiary/aromatic N) is 1. The van der Waals surface area contributed by atoms with Crippen LogP contribution in [0.3, 0.4) is 0 Å².